The van der Waals surface area contributed by atoms with Crippen LogP contribution in [0.4, 0.5) is 5.69 Å². The van der Waals surface area contributed by atoms with E-state index in [4.69, 9.17) is 10.00 Å². The topological polar surface area (TPSA) is 115 Å². The molecule has 9 heteroatoms. The van der Waals surface area contributed by atoms with Gasteiger partial charge in [0, 0.05) is 30.9 Å². The first kappa shape index (κ1) is 24.8. The number of carbonyl (C=O) groups is 2. The zero-order chi connectivity index (χ0) is 23.8. The van der Waals surface area contributed by atoms with Crippen LogP contribution in [0, 0.1) is 14.9 Å². The lowest BCUT2D eigenvalue weighted by atomic mass is 9.95. The number of nitriles is 1. The Bertz CT molecular complexity index is 1030. The second kappa shape index (κ2) is 11.9. The number of nitrogens with one attached hydrogen (secondary N) is 2. The van der Waals surface area contributed by atoms with Gasteiger partial charge in [-0.3, -0.25) is 9.59 Å². The highest BCUT2D eigenvalue weighted by atomic mass is 127. The smallest absolute Gasteiger partial charge is 0.251 e. The molecule has 3 N–H and O–H groups in total. The van der Waals surface area contributed by atoms with Crippen LogP contribution in [0.3, 0.4) is 0 Å². The van der Waals surface area contributed by atoms with Gasteiger partial charge in [0.05, 0.1) is 28.8 Å². The molecule has 0 saturated carbocycles. The SMILES string of the molecule is CCc1cc(C(CNC(=O)c2ccc(N3CCOCC3)cc2)C(=O)NCC#N)cc(I)c1O. The van der Waals surface area contributed by atoms with Gasteiger partial charge in [0.25, 0.3) is 5.91 Å². The van der Waals surface area contributed by atoms with Gasteiger partial charge in [-0.05, 0) is 70.5 Å². The molecule has 0 aromatic heterocycles. The van der Waals surface area contributed by atoms with Crippen LogP contribution in [0.5, 0.6) is 5.75 Å². The van der Waals surface area contributed by atoms with E-state index >= 15 is 0 Å². The van der Waals surface area contributed by atoms with E-state index in [1.54, 1.807) is 24.3 Å². The number of phenolic OH excluding ortho intramolecular Hbond substituents is 1. The van der Waals surface area contributed by atoms with Crippen molar-refractivity contribution in [2.45, 2.75) is 19.3 Å². The number of hydrogen-bond donors (Lipinski definition) is 3. The largest absolute Gasteiger partial charge is 0.507 e. The first-order chi connectivity index (χ1) is 15.9. The van der Waals surface area contributed by atoms with Crippen LogP contribution in [0.25, 0.3) is 0 Å². The maximum absolute atomic E-state index is 12.8. The van der Waals surface area contributed by atoms with Gasteiger partial charge >= 0.3 is 0 Å². The second-order valence-corrected chi connectivity index (χ2v) is 8.81. The van der Waals surface area contributed by atoms with Crippen molar-refractivity contribution in [3.8, 4) is 11.8 Å². The summed E-state index contributed by atoms with van der Waals surface area (Å²) in [6.45, 7) is 4.86. The molecule has 0 spiro atoms. The minimum atomic E-state index is -0.700. The van der Waals surface area contributed by atoms with Crippen LogP contribution >= 0.6 is 22.6 Å². The Hall–Kier alpha value is -2.84. The summed E-state index contributed by atoms with van der Waals surface area (Å²) in [4.78, 5) is 27.8. The van der Waals surface area contributed by atoms with Gasteiger partial charge in [0.2, 0.25) is 5.91 Å². The predicted octanol–water partition coefficient (Wildman–Crippen LogP) is 2.55. The quantitative estimate of drug-likeness (QED) is 0.337. The number of nitrogens with zero attached hydrogens (tertiary/aromatic N) is 2. The summed E-state index contributed by atoms with van der Waals surface area (Å²) in [5.74, 6) is -1.15. The third kappa shape index (κ3) is 6.36. The summed E-state index contributed by atoms with van der Waals surface area (Å²) in [7, 11) is 0. The maximum Gasteiger partial charge on any atom is 0.251 e. The minimum absolute atomic E-state index is 0.0608. The van der Waals surface area contributed by atoms with Crippen LogP contribution in [-0.4, -0.2) is 56.3 Å². The number of phenols is 1. The number of aromatic hydroxyl groups is 1. The summed E-state index contributed by atoms with van der Waals surface area (Å²) in [6, 6.07) is 12.8. The fourth-order valence-electron chi connectivity index (χ4n) is 3.70. The lowest BCUT2D eigenvalue weighted by molar-refractivity contribution is -0.122. The van der Waals surface area contributed by atoms with Gasteiger partial charge in [-0.15, -0.1) is 0 Å². The van der Waals surface area contributed by atoms with Gasteiger partial charge in [0.15, 0.2) is 0 Å². The standard InChI is InChI=1S/C24H27IN4O4/c1-2-16-13-18(14-21(25)22(16)30)20(24(32)27-8-7-26)15-28-23(31)17-3-5-19(6-4-17)29-9-11-33-12-10-29/h3-6,13-14,20,30H,2,8-12,15H2,1H3,(H,27,32)(H,28,31). The van der Waals surface area contributed by atoms with Crippen LogP contribution in [0.15, 0.2) is 36.4 Å². The highest BCUT2D eigenvalue weighted by Gasteiger charge is 2.24. The fourth-order valence-corrected chi connectivity index (χ4v) is 4.41. The average molecular weight is 562 g/mol. The Labute approximate surface area is 207 Å². The van der Waals surface area contributed by atoms with Gasteiger partial charge in [-0.25, -0.2) is 0 Å². The van der Waals surface area contributed by atoms with Crippen molar-refractivity contribution in [2.75, 3.05) is 44.3 Å². The number of morpholine rings is 1. The van der Waals surface area contributed by atoms with E-state index in [0.29, 0.717) is 34.3 Å². The van der Waals surface area contributed by atoms with E-state index < -0.39 is 5.92 Å². The van der Waals surface area contributed by atoms with Crippen molar-refractivity contribution in [2.24, 2.45) is 0 Å². The number of rotatable bonds is 8. The number of ether oxygens (including phenoxy) is 1. The van der Waals surface area contributed by atoms with Crippen LogP contribution in [0.2, 0.25) is 0 Å². The van der Waals surface area contributed by atoms with Crippen LogP contribution < -0.4 is 15.5 Å². The number of hydrogen-bond acceptors (Lipinski definition) is 6. The molecular formula is C24H27IN4O4. The zero-order valence-electron chi connectivity index (χ0n) is 18.4. The number of amides is 2. The van der Waals surface area contributed by atoms with Crippen molar-refractivity contribution in [3.63, 3.8) is 0 Å². The third-order valence-corrected chi connectivity index (χ3v) is 6.40. The molecule has 1 unspecified atom stereocenters. The molecule has 3 rings (SSSR count). The predicted molar refractivity (Wildman–Crippen MR) is 133 cm³/mol. The highest BCUT2D eigenvalue weighted by molar-refractivity contribution is 14.1. The van der Waals surface area contributed by atoms with Crippen LogP contribution in [0.1, 0.15) is 34.3 Å². The summed E-state index contributed by atoms with van der Waals surface area (Å²) in [5.41, 5.74) is 2.93. The fraction of sp³-hybridized carbons (Fsp3) is 0.375. The summed E-state index contributed by atoms with van der Waals surface area (Å²) in [5, 5.41) is 24.5. The molecule has 1 fully saturated rings. The second-order valence-electron chi connectivity index (χ2n) is 7.65. The Morgan fingerprint density at radius 1 is 1.21 bits per heavy atom. The molecule has 2 aromatic rings. The molecule has 0 radical (unpaired) electrons. The molecule has 1 heterocycles. The molecule has 0 aliphatic carbocycles. The van der Waals surface area contributed by atoms with E-state index in [9.17, 15) is 14.7 Å². The Morgan fingerprint density at radius 3 is 2.55 bits per heavy atom. The van der Waals surface area contributed by atoms with E-state index in [0.717, 1.165) is 24.3 Å². The minimum Gasteiger partial charge on any atom is -0.507 e. The number of anilines is 1. The number of halogens is 1. The molecule has 0 bridgehead atoms. The van der Waals surface area contributed by atoms with Crippen molar-refractivity contribution in [1.82, 2.24) is 10.6 Å². The Balaban J connectivity index is 1.73. The summed E-state index contributed by atoms with van der Waals surface area (Å²) < 4.78 is 6.01. The van der Waals surface area contributed by atoms with Crippen molar-refractivity contribution in [1.29, 1.82) is 5.26 Å². The molecule has 1 atom stereocenters. The normalized spacial score (nSPS) is 14.3. The third-order valence-electron chi connectivity index (χ3n) is 5.58. The average Bonchev–Trinajstić information content (AvgIpc) is 2.85. The maximum atomic E-state index is 12.8. The first-order valence-electron chi connectivity index (χ1n) is 10.8. The molecular weight excluding hydrogens is 535 g/mol. The Morgan fingerprint density at radius 2 is 1.91 bits per heavy atom. The number of carbonyl (C=O) groups excluding carboxylic acids is 2. The Kier molecular flexibility index (Phi) is 8.91. The van der Waals surface area contributed by atoms with Crippen molar-refractivity contribution < 1.29 is 19.4 Å². The van der Waals surface area contributed by atoms with E-state index in [-0.39, 0.29) is 30.7 Å². The lowest BCUT2D eigenvalue weighted by Crippen LogP contribution is -2.38. The molecule has 2 amide bonds. The van der Waals surface area contributed by atoms with Crippen molar-refractivity contribution >= 4 is 40.1 Å². The molecule has 1 saturated heterocycles. The summed E-state index contributed by atoms with van der Waals surface area (Å²) in [6.07, 6.45) is 0.601. The van der Waals surface area contributed by atoms with Crippen molar-refractivity contribution in [3.05, 3.63) is 56.7 Å². The van der Waals surface area contributed by atoms with Crippen LogP contribution in [-0.2, 0) is 16.0 Å². The number of aryl methyl sites for hydroxylation is 1. The molecule has 1 aliphatic rings. The summed E-state index contributed by atoms with van der Waals surface area (Å²) >= 11 is 2.02. The van der Waals surface area contributed by atoms with Gasteiger partial charge in [-0.2, -0.15) is 5.26 Å². The van der Waals surface area contributed by atoms with Gasteiger partial charge in [-0.1, -0.05) is 13.0 Å². The van der Waals surface area contributed by atoms with E-state index in [1.165, 1.54) is 0 Å². The molecule has 1 aliphatic heterocycles. The molecule has 8 nitrogen and oxygen atoms in total. The molecule has 2 aromatic carbocycles. The number of benzene rings is 2. The highest BCUT2D eigenvalue weighted by Crippen LogP contribution is 2.30. The molecule has 174 valence electrons. The van der Waals surface area contributed by atoms with Gasteiger partial charge in [0.1, 0.15) is 12.3 Å². The van der Waals surface area contributed by atoms with E-state index in [2.05, 4.69) is 15.5 Å². The first-order valence-corrected chi connectivity index (χ1v) is 11.9. The zero-order valence-corrected chi connectivity index (χ0v) is 20.6. The molecule has 33 heavy (non-hydrogen) atoms. The monoisotopic (exact) mass is 562 g/mol. The lowest BCUT2D eigenvalue weighted by Gasteiger charge is -2.28. The van der Waals surface area contributed by atoms with Gasteiger partial charge < -0.3 is 25.4 Å². The van der Waals surface area contributed by atoms with E-state index in [1.807, 2.05) is 47.7 Å².